The Morgan fingerprint density at radius 3 is 2.44 bits per heavy atom. The van der Waals surface area contributed by atoms with Gasteiger partial charge >= 0.3 is 0 Å². The first kappa shape index (κ1) is 20.9. The van der Waals surface area contributed by atoms with E-state index in [2.05, 4.69) is 32.1 Å². The smallest absolute Gasteiger partial charge is 0.269 e. The lowest BCUT2D eigenvalue weighted by atomic mass is 10.1. The van der Waals surface area contributed by atoms with Gasteiger partial charge in [0, 0.05) is 10.0 Å². The van der Waals surface area contributed by atoms with E-state index in [1.807, 2.05) is 26.0 Å². The van der Waals surface area contributed by atoms with E-state index in [0.717, 1.165) is 16.5 Å². The van der Waals surface area contributed by atoms with E-state index in [4.69, 9.17) is 17.0 Å². The van der Waals surface area contributed by atoms with Crippen molar-refractivity contribution in [2.75, 3.05) is 6.61 Å². The summed E-state index contributed by atoms with van der Waals surface area (Å²) in [6.07, 6.45) is 0.822. The highest BCUT2D eigenvalue weighted by Gasteiger charge is 2.15. The summed E-state index contributed by atoms with van der Waals surface area (Å²) in [5, 5.41) is 2.50. The minimum Gasteiger partial charge on any atom is -0.493 e. The highest BCUT2D eigenvalue weighted by atomic mass is 79.9. The van der Waals surface area contributed by atoms with E-state index in [-0.39, 0.29) is 11.0 Å². The van der Waals surface area contributed by atoms with Gasteiger partial charge in [0.25, 0.3) is 11.8 Å². The van der Waals surface area contributed by atoms with E-state index in [1.165, 1.54) is 0 Å². The molecule has 0 unspecified atom stereocenters. The zero-order chi connectivity index (χ0) is 19.8. The molecule has 3 N–H and O–H groups in total. The molecule has 0 fully saturated rings. The molecule has 0 aromatic heterocycles. The average Bonchev–Trinajstić information content (AvgIpc) is 2.65. The first-order valence-electron chi connectivity index (χ1n) is 8.31. The highest BCUT2D eigenvalue weighted by Crippen LogP contribution is 2.23. The standard InChI is InChI=1S/C19H20BrN3O3S/c1-3-10-26-16-9-8-14(20)11-15(16)18(25)21-19(27)23-22-17(24)13-6-4-12(2)5-7-13/h4-9,11H,3,10H2,1-2H3,(H,22,24)(H2,21,23,25,27). The Morgan fingerprint density at radius 1 is 1.07 bits per heavy atom. The van der Waals surface area contributed by atoms with Crippen LogP contribution in [0.1, 0.15) is 39.6 Å². The third-order valence-electron chi connectivity index (χ3n) is 3.48. The molecule has 0 aliphatic rings. The molecule has 0 aliphatic carbocycles. The predicted molar refractivity (Wildman–Crippen MR) is 112 cm³/mol. The van der Waals surface area contributed by atoms with Crippen molar-refractivity contribution in [3.05, 3.63) is 63.6 Å². The zero-order valence-corrected chi connectivity index (χ0v) is 17.4. The molecule has 0 spiro atoms. The normalized spacial score (nSPS) is 10.0. The summed E-state index contributed by atoms with van der Waals surface area (Å²) in [6, 6.07) is 12.2. The average molecular weight is 450 g/mol. The number of carbonyl (C=O) groups is 2. The van der Waals surface area contributed by atoms with Gasteiger partial charge in [-0.25, -0.2) is 0 Å². The molecule has 6 nitrogen and oxygen atoms in total. The molecule has 0 radical (unpaired) electrons. The van der Waals surface area contributed by atoms with Crippen LogP contribution in [0.15, 0.2) is 46.9 Å². The Labute approximate surface area is 171 Å². The molecule has 142 valence electrons. The lowest BCUT2D eigenvalue weighted by Crippen LogP contribution is -2.48. The Balaban J connectivity index is 1.95. The number of carbonyl (C=O) groups excluding carboxylic acids is 2. The second-order valence-corrected chi connectivity index (χ2v) is 7.04. The number of aryl methyl sites for hydroxylation is 1. The fourth-order valence-corrected chi connectivity index (χ4v) is 2.61. The molecule has 8 heteroatoms. The van der Waals surface area contributed by atoms with E-state index in [1.54, 1.807) is 30.3 Å². The van der Waals surface area contributed by atoms with Crippen LogP contribution in [-0.4, -0.2) is 23.5 Å². The summed E-state index contributed by atoms with van der Waals surface area (Å²) >= 11 is 8.41. The molecular weight excluding hydrogens is 430 g/mol. The molecule has 2 amide bonds. The quantitative estimate of drug-likeness (QED) is 0.480. The van der Waals surface area contributed by atoms with E-state index < -0.39 is 5.91 Å². The van der Waals surface area contributed by atoms with Gasteiger partial charge in [0.1, 0.15) is 5.75 Å². The number of hydrogen-bond acceptors (Lipinski definition) is 4. The lowest BCUT2D eigenvalue weighted by Gasteiger charge is -2.13. The Morgan fingerprint density at radius 2 is 1.78 bits per heavy atom. The molecule has 0 aliphatic heterocycles. The van der Waals surface area contributed by atoms with Crippen LogP contribution in [0.3, 0.4) is 0 Å². The van der Waals surface area contributed by atoms with E-state index in [0.29, 0.717) is 23.5 Å². The summed E-state index contributed by atoms with van der Waals surface area (Å²) in [5.74, 6) is -0.338. The summed E-state index contributed by atoms with van der Waals surface area (Å²) in [7, 11) is 0. The van der Waals surface area contributed by atoms with Crippen molar-refractivity contribution in [1.29, 1.82) is 0 Å². The van der Waals surface area contributed by atoms with Gasteiger partial charge in [0.05, 0.1) is 12.2 Å². The fourth-order valence-electron chi connectivity index (χ4n) is 2.11. The van der Waals surface area contributed by atoms with Gasteiger partial charge in [0.15, 0.2) is 5.11 Å². The number of amides is 2. The van der Waals surface area contributed by atoms with Crippen LogP contribution in [0.4, 0.5) is 0 Å². The molecule has 0 saturated heterocycles. The van der Waals surface area contributed by atoms with Gasteiger partial charge in [0.2, 0.25) is 0 Å². The monoisotopic (exact) mass is 449 g/mol. The van der Waals surface area contributed by atoms with Gasteiger partial charge < -0.3 is 4.74 Å². The van der Waals surface area contributed by atoms with Gasteiger partial charge in [-0.15, -0.1) is 0 Å². The topological polar surface area (TPSA) is 79.5 Å². The molecule has 0 saturated carbocycles. The first-order valence-corrected chi connectivity index (χ1v) is 9.51. The molecule has 0 bridgehead atoms. The number of halogens is 1. The largest absolute Gasteiger partial charge is 0.493 e. The predicted octanol–water partition coefficient (Wildman–Crippen LogP) is 3.50. The lowest BCUT2D eigenvalue weighted by molar-refractivity contribution is 0.0933. The highest BCUT2D eigenvalue weighted by molar-refractivity contribution is 9.10. The second kappa shape index (κ2) is 10.0. The maximum Gasteiger partial charge on any atom is 0.269 e. The maximum atomic E-state index is 12.5. The number of rotatable bonds is 5. The SMILES string of the molecule is CCCOc1ccc(Br)cc1C(=O)NC(=S)NNC(=O)c1ccc(C)cc1. The minimum atomic E-state index is -0.440. The van der Waals surface area contributed by atoms with Gasteiger partial charge in [-0.3, -0.25) is 25.8 Å². The van der Waals surface area contributed by atoms with E-state index in [9.17, 15) is 9.59 Å². The van der Waals surface area contributed by atoms with Crippen molar-refractivity contribution in [3.63, 3.8) is 0 Å². The Bertz CT molecular complexity index is 841. The van der Waals surface area contributed by atoms with Crippen molar-refractivity contribution in [2.45, 2.75) is 20.3 Å². The summed E-state index contributed by atoms with van der Waals surface area (Å²) in [6.45, 7) is 4.41. The number of nitrogens with one attached hydrogen (secondary N) is 3. The number of hydrazine groups is 1. The minimum absolute atomic E-state index is 0.0260. The zero-order valence-electron chi connectivity index (χ0n) is 15.0. The number of hydrogen-bond donors (Lipinski definition) is 3. The summed E-state index contributed by atoms with van der Waals surface area (Å²) in [5.41, 5.74) is 6.84. The second-order valence-electron chi connectivity index (χ2n) is 5.72. The third-order valence-corrected chi connectivity index (χ3v) is 4.18. The van der Waals surface area contributed by atoms with Crippen LogP contribution in [0.2, 0.25) is 0 Å². The van der Waals surface area contributed by atoms with Crippen molar-refractivity contribution in [1.82, 2.24) is 16.2 Å². The van der Waals surface area contributed by atoms with Gasteiger partial charge in [-0.2, -0.15) is 0 Å². The molecule has 0 heterocycles. The van der Waals surface area contributed by atoms with Crippen molar-refractivity contribution >= 4 is 45.1 Å². The molecule has 0 atom stereocenters. The maximum absolute atomic E-state index is 12.5. The summed E-state index contributed by atoms with van der Waals surface area (Å²) in [4.78, 5) is 24.6. The van der Waals surface area contributed by atoms with Crippen molar-refractivity contribution in [3.8, 4) is 5.75 Å². The van der Waals surface area contributed by atoms with Gasteiger partial charge in [-0.1, -0.05) is 40.5 Å². The molecular formula is C19H20BrN3O3S. The van der Waals surface area contributed by atoms with Crippen LogP contribution in [0, 0.1) is 6.92 Å². The number of thiocarbonyl (C=S) groups is 1. The number of benzene rings is 2. The van der Waals surface area contributed by atoms with Crippen LogP contribution in [-0.2, 0) is 0 Å². The van der Waals surface area contributed by atoms with E-state index >= 15 is 0 Å². The van der Waals surface area contributed by atoms with Crippen LogP contribution in [0.25, 0.3) is 0 Å². The third kappa shape index (κ3) is 6.33. The summed E-state index contributed by atoms with van der Waals surface area (Å²) < 4.78 is 6.33. The fraction of sp³-hybridized carbons (Fsp3) is 0.211. The van der Waals surface area contributed by atoms with Gasteiger partial charge in [-0.05, 0) is 55.9 Å². The molecule has 2 aromatic carbocycles. The molecule has 2 rings (SSSR count). The van der Waals surface area contributed by atoms with Crippen LogP contribution >= 0.6 is 28.1 Å². The number of ether oxygens (including phenoxy) is 1. The Kier molecular flexibility index (Phi) is 7.75. The van der Waals surface area contributed by atoms with Crippen molar-refractivity contribution in [2.24, 2.45) is 0 Å². The van der Waals surface area contributed by atoms with Crippen LogP contribution in [0.5, 0.6) is 5.75 Å². The first-order chi connectivity index (χ1) is 12.9. The molecule has 2 aromatic rings. The van der Waals surface area contributed by atoms with Crippen LogP contribution < -0.4 is 20.9 Å². The van der Waals surface area contributed by atoms with Crippen molar-refractivity contribution < 1.29 is 14.3 Å². The Hall–Kier alpha value is -2.45. The molecule has 27 heavy (non-hydrogen) atoms.